The lowest BCUT2D eigenvalue weighted by atomic mass is 10.1. The summed E-state index contributed by atoms with van der Waals surface area (Å²) in [7, 11) is 0. The van der Waals surface area contributed by atoms with Crippen LogP contribution in [0.3, 0.4) is 0 Å². The number of benzene rings is 1. The van der Waals surface area contributed by atoms with Crippen LogP contribution in [0.4, 0.5) is 4.79 Å². The minimum atomic E-state index is -0.0998. The van der Waals surface area contributed by atoms with Crippen LogP contribution in [0.2, 0.25) is 0 Å². The van der Waals surface area contributed by atoms with Crippen LogP contribution in [0.25, 0.3) is 0 Å². The summed E-state index contributed by atoms with van der Waals surface area (Å²) >= 11 is 1.64. The van der Waals surface area contributed by atoms with Crippen LogP contribution >= 0.6 is 11.3 Å². The zero-order chi connectivity index (χ0) is 16.1. The number of hydrogen-bond donors (Lipinski definition) is 1. The molecule has 23 heavy (non-hydrogen) atoms. The average Bonchev–Trinajstić information content (AvgIpc) is 3.14. The fraction of sp³-hybridized carbons (Fsp3) is 0.294. The summed E-state index contributed by atoms with van der Waals surface area (Å²) in [6.45, 7) is 2.10. The minimum absolute atomic E-state index is 0.0450. The molecule has 1 aromatic heterocycles. The van der Waals surface area contributed by atoms with E-state index in [2.05, 4.69) is 11.4 Å². The number of ether oxygens (including phenoxy) is 1. The molecule has 2 aromatic rings. The van der Waals surface area contributed by atoms with Crippen molar-refractivity contribution in [1.82, 2.24) is 10.2 Å². The van der Waals surface area contributed by atoms with Gasteiger partial charge in [0.05, 0.1) is 24.8 Å². The molecule has 118 valence electrons. The smallest absolute Gasteiger partial charge is 0.317 e. The Morgan fingerprint density at radius 3 is 3.13 bits per heavy atom. The Labute approximate surface area is 139 Å². The van der Waals surface area contributed by atoms with Gasteiger partial charge in [0.2, 0.25) is 0 Å². The molecule has 1 atom stereocenters. The summed E-state index contributed by atoms with van der Waals surface area (Å²) in [5.41, 5.74) is 1.52. The summed E-state index contributed by atoms with van der Waals surface area (Å²) in [5, 5.41) is 13.8. The second-order valence-electron chi connectivity index (χ2n) is 5.29. The molecular weight excluding hydrogens is 310 g/mol. The summed E-state index contributed by atoms with van der Waals surface area (Å²) in [4.78, 5) is 15.3. The van der Waals surface area contributed by atoms with E-state index in [1.807, 2.05) is 29.6 Å². The number of carbonyl (C=O) groups excluding carboxylic acids is 1. The van der Waals surface area contributed by atoms with Crippen molar-refractivity contribution in [2.45, 2.75) is 12.6 Å². The van der Waals surface area contributed by atoms with Gasteiger partial charge in [-0.05, 0) is 29.1 Å². The highest BCUT2D eigenvalue weighted by Crippen LogP contribution is 2.25. The molecule has 2 amide bonds. The number of urea groups is 1. The Kier molecular flexibility index (Phi) is 4.91. The number of carbonyl (C=O) groups is 1. The van der Waals surface area contributed by atoms with E-state index in [1.54, 1.807) is 28.4 Å². The Hall–Kier alpha value is -2.36. The quantitative estimate of drug-likeness (QED) is 0.942. The maximum Gasteiger partial charge on any atom is 0.317 e. The van der Waals surface area contributed by atoms with Gasteiger partial charge in [0.25, 0.3) is 0 Å². The van der Waals surface area contributed by atoms with E-state index < -0.39 is 0 Å². The van der Waals surface area contributed by atoms with E-state index in [0.717, 1.165) is 10.4 Å². The van der Waals surface area contributed by atoms with Crippen molar-refractivity contribution in [3.05, 3.63) is 57.8 Å². The van der Waals surface area contributed by atoms with Crippen molar-refractivity contribution in [2.75, 3.05) is 19.7 Å². The third kappa shape index (κ3) is 3.89. The molecule has 0 saturated carbocycles. The Morgan fingerprint density at radius 2 is 2.35 bits per heavy atom. The molecule has 1 saturated heterocycles. The van der Waals surface area contributed by atoms with Gasteiger partial charge in [0.15, 0.2) is 0 Å². The second kappa shape index (κ2) is 7.27. The molecule has 1 fully saturated rings. The standard InChI is InChI=1S/C17H17N3O2S/c18-10-13-3-1-4-14(9-13)11-19-17(21)20-6-7-22-15(12-20)16-5-2-8-23-16/h1-5,8-9,15H,6-7,11-12H2,(H,19,21)/t15-/m1/s1. The van der Waals surface area contributed by atoms with Gasteiger partial charge in [-0.2, -0.15) is 5.26 Å². The number of amides is 2. The van der Waals surface area contributed by atoms with Gasteiger partial charge in [-0.15, -0.1) is 11.3 Å². The topological polar surface area (TPSA) is 65.4 Å². The molecule has 0 radical (unpaired) electrons. The first-order valence-corrected chi connectivity index (χ1v) is 8.31. The number of morpholine rings is 1. The molecule has 1 aliphatic rings. The molecular formula is C17H17N3O2S. The third-order valence-electron chi connectivity index (χ3n) is 3.71. The lowest BCUT2D eigenvalue weighted by molar-refractivity contribution is -0.0136. The minimum Gasteiger partial charge on any atom is -0.369 e. The number of nitrogens with one attached hydrogen (secondary N) is 1. The normalized spacial score (nSPS) is 17.5. The van der Waals surface area contributed by atoms with E-state index in [1.165, 1.54) is 0 Å². The first-order valence-electron chi connectivity index (χ1n) is 7.43. The molecule has 1 aliphatic heterocycles. The molecule has 2 heterocycles. The maximum absolute atomic E-state index is 12.3. The molecule has 0 unspecified atom stereocenters. The van der Waals surface area contributed by atoms with Crippen LogP contribution in [0.5, 0.6) is 0 Å². The fourth-order valence-corrected chi connectivity index (χ4v) is 3.29. The van der Waals surface area contributed by atoms with Gasteiger partial charge in [-0.1, -0.05) is 18.2 Å². The number of hydrogen-bond acceptors (Lipinski definition) is 4. The summed E-state index contributed by atoms with van der Waals surface area (Å²) < 4.78 is 5.75. The lowest BCUT2D eigenvalue weighted by Crippen LogP contribution is -2.46. The number of nitrogens with zero attached hydrogens (tertiary/aromatic N) is 2. The highest BCUT2D eigenvalue weighted by molar-refractivity contribution is 7.10. The summed E-state index contributed by atoms with van der Waals surface area (Å²) in [5.74, 6) is 0. The number of nitriles is 1. The molecule has 1 aromatic carbocycles. The predicted molar refractivity (Wildman–Crippen MR) is 88.0 cm³/mol. The molecule has 5 nitrogen and oxygen atoms in total. The predicted octanol–water partition coefficient (Wildman–Crippen LogP) is 2.90. The van der Waals surface area contributed by atoms with Crippen LogP contribution in [0, 0.1) is 11.3 Å². The molecule has 0 spiro atoms. The van der Waals surface area contributed by atoms with E-state index in [9.17, 15) is 4.79 Å². The number of rotatable bonds is 3. The Balaban J connectivity index is 1.56. The molecule has 0 bridgehead atoms. The van der Waals surface area contributed by atoms with Crippen molar-refractivity contribution in [1.29, 1.82) is 5.26 Å². The van der Waals surface area contributed by atoms with E-state index >= 15 is 0 Å². The van der Waals surface area contributed by atoms with Crippen LogP contribution in [0.1, 0.15) is 22.1 Å². The van der Waals surface area contributed by atoms with Crippen LogP contribution < -0.4 is 5.32 Å². The van der Waals surface area contributed by atoms with Gasteiger partial charge >= 0.3 is 6.03 Å². The lowest BCUT2D eigenvalue weighted by Gasteiger charge is -2.32. The molecule has 1 N–H and O–H groups in total. The summed E-state index contributed by atoms with van der Waals surface area (Å²) in [6, 6.07) is 13.3. The zero-order valence-corrected chi connectivity index (χ0v) is 13.4. The fourth-order valence-electron chi connectivity index (χ4n) is 2.52. The van der Waals surface area contributed by atoms with Crippen molar-refractivity contribution < 1.29 is 9.53 Å². The molecule has 0 aliphatic carbocycles. The average molecular weight is 327 g/mol. The van der Waals surface area contributed by atoms with Crippen LogP contribution in [0.15, 0.2) is 41.8 Å². The largest absolute Gasteiger partial charge is 0.369 e. The first-order chi connectivity index (χ1) is 11.3. The van der Waals surface area contributed by atoms with Gasteiger partial charge < -0.3 is 15.0 Å². The van der Waals surface area contributed by atoms with Crippen LogP contribution in [-0.2, 0) is 11.3 Å². The van der Waals surface area contributed by atoms with E-state index in [-0.39, 0.29) is 12.1 Å². The highest BCUT2D eigenvalue weighted by Gasteiger charge is 2.25. The monoisotopic (exact) mass is 327 g/mol. The molecule has 6 heteroatoms. The van der Waals surface area contributed by atoms with Crippen molar-refractivity contribution in [3.8, 4) is 6.07 Å². The van der Waals surface area contributed by atoms with Crippen molar-refractivity contribution in [3.63, 3.8) is 0 Å². The van der Waals surface area contributed by atoms with Gasteiger partial charge in [-0.3, -0.25) is 0 Å². The second-order valence-corrected chi connectivity index (χ2v) is 6.27. The number of thiophene rings is 1. The zero-order valence-electron chi connectivity index (χ0n) is 12.6. The maximum atomic E-state index is 12.3. The Morgan fingerprint density at radius 1 is 1.43 bits per heavy atom. The molecule has 3 rings (SSSR count). The third-order valence-corrected chi connectivity index (χ3v) is 4.68. The van der Waals surface area contributed by atoms with Gasteiger partial charge in [0, 0.05) is 18.0 Å². The van der Waals surface area contributed by atoms with Crippen molar-refractivity contribution >= 4 is 17.4 Å². The Bertz CT molecular complexity index is 709. The van der Waals surface area contributed by atoms with Crippen molar-refractivity contribution in [2.24, 2.45) is 0 Å². The highest BCUT2D eigenvalue weighted by atomic mass is 32.1. The van der Waals surface area contributed by atoms with Gasteiger partial charge in [-0.25, -0.2) is 4.79 Å². The first kappa shape index (κ1) is 15.5. The van der Waals surface area contributed by atoms with Crippen LogP contribution in [-0.4, -0.2) is 30.6 Å². The SMILES string of the molecule is N#Cc1cccc(CNC(=O)N2CCO[C@@H](c3cccs3)C2)c1. The van der Waals surface area contributed by atoms with E-state index in [4.69, 9.17) is 10.00 Å². The van der Waals surface area contributed by atoms with E-state index in [0.29, 0.717) is 31.8 Å². The summed E-state index contributed by atoms with van der Waals surface area (Å²) in [6.07, 6.45) is -0.0450. The van der Waals surface area contributed by atoms with Gasteiger partial charge in [0.1, 0.15) is 6.10 Å².